The second-order valence-electron chi connectivity index (χ2n) is 4.78. The van der Waals surface area contributed by atoms with Crippen LogP contribution >= 0.6 is 0 Å². The molecule has 86 valence electrons. The van der Waals surface area contributed by atoms with Crippen molar-refractivity contribution in [1.82, 2.24) is 0 Å². The zero-order chi connectivity index (χ0) is 11.1. The second-order valence-corrected chi connectivity index (χ2v) is 4.78. The van der Waals surface area contributed by atoms with Gasteiger partial charge >= 0.3 is 0 Å². The van der Waals surface area contributed by atoms with Crippen molar-refractivity contribution in [1.29, 1.82) is 0 Å². The lowest BCUT2D eigenvalue weighted by Crippen LogP contribution is -2.54. The minimum atomic E-state index is -0.768. The molecule has 0 amide bonds. The lowest BCUT2D eigenvalue weighted by molar-refractivity contribution is -0.120. The van der Waals surface area contributed by atoms with E-state index in [4.69, 9.17) is 0 Å². The Labute approximate surface area is 88.9 Å². The summed E-state index contributed by atoms with van der Waals surface area (Å²) in [6, 6.07) is 0. The molecule has 1 fully saturated rings. The molecule has 2 bridgehead atoms. The first kappa shape index (κ1) is 11.1. The number of aliphatic hydroxyl groups is 4. The first-order valence-corrected chi connectivity index (χ1v) is 5.32. The van der Waals surface area contributed by atoms with Crippen LogP contribution in [0, 0.1) is 22.7 Å². The van der Waals surface area contributed by atoms with Crippen molar-refractivity contribution in [3.63, 3.8) is 0 Å². The molecule has 0 aromatic carbocycles. The van der Waals surface area contributed by atoms with Gasteiger partial charge in [0.2, 0.25) is 0 Å². The number of aliphatic hydroxyl groups excluding tert-OH is 4. The van der Waals surface area contributed by atoms with Gasteiger partial charge in [-0.2, -0.15) is 0 Å². The van der Waals surface area contributed by atoms with Crippen molar-refractivity contribution in [2.45, 2.75) is 6.42 Å². The summed E-state index contributed by atoms with van der Waals surface area (Å²) < 4.78 is 0. The lowest BCUT2D eigenvalue weighted by Gasteiger charge is -2.48. The van der Waals surface area contributed by atoms with E-state index in [0.29, 0.717) is 0 Å². The monoisotopic (exact) mass is 214 g/mol. The molecule has 0 heterocycles. The quantitative estimate of drug-likeness (QED) is 0.459. The minimum Gasteiger partial charge on any atom is -0.396 e. The molecule has 15 heavy (non-hydrogen) atoms. The van der Waals surface area contributed by atoms with Gasteiger partial charge in [0.15, 0.2) is 0 Å². The van der Waals surface area contributed by atoms with Gasteiger partial charge in [-0.3, -0.25) is 0 Å². The molecule has 4 heteroatoms. The summed E-state index contributed by atoms with van der Waals surface area (Å²) in [4.78, 5) is 0. The highest BCUT2D eigenvalue weighted by atomic mass is 16.3. The molecule has 2 rings (SSSR count). The molecule has 2 aliphatic rings. The Morgan fingerprint density at radius 3 is 1.40 bits per heavy atom. The fourth-order valence-corrected chi connectivity index (χ4v) is 3.46. The summed E-state index contributed by atoms with van der Waals surface area (Å²) in [5.41, 5.74) is -1.54. The number of rotatable bonds is 4. The van der Waals surface area contributed by atoms with Crippen LogP contribution in [0.3, 0.4) is 0 Å². The first-order valence-electron chi connectivity index (χ1n) is 5.32. The molecule has 4 N–H and O–H groups in total. The van der Waals surface area contributed by atoms with Crippen LogP contribution in [0.15, 0.2) is 12.2 Å². The summed E-state index contributed by atoms with van der Waals surface area (Å²) in [6.45, 7) is -0.793. The first-order chi connectivity index (χ1) is 7.20. The Bertz CT molecular complexity index is 240. The summed E-state index contributed by atoms with van der Waals surface area (Å²) in [6.07, 6.45) is 4.78. The zero-order valence-electron chi connectivity index (χ0n) is 8.63. The van der Waals surface area contributed by atoms with Crippen molar-refractivity contribution in [3.05, 3.63) is 12.2 Å². The topological polar surface area (TPSA) is 80.9 Å². The molecular formula is C11H18O4. The predicted molar refractivity (Wildman–Crippen MR) is 53.9 cm³/mol. The minimum absolute atomic E-state index is 0.0665. The van der Waals surface area contributed by atoms with E-state index in [1.807, 2.05) is 12.2 Å². The van der Waals surface area contributed by atoms with Crippen molar-refractivity contribution in [2.75, 3.05) is 26.4 Å². The average Bonchev–Trinajstić information content (AvgIpc) is 2.85. The second kappa shape index (κ2) is 3.56. The molecular weight excluding hydrogens is 196 g/mol. The third kappa shape index (κ3) is 1.05. The summed E-state index contributed by atoms with van der Waals surface area (Å²) >= 11 is 0. The smallest absolute Gasteiger partial charge is 0.0522 e. The predicted octanol–water partition coefficient (Wildman–Crippen LogP) is -0.866. The van der Waals surface area contributed by atoms with Gasteiger partial charge in [0.1, 0.15) is 0 Å². The van der Waals surface area contributed by atoms with Crippen LogP contribution < -0.4 is 0 Å². The lowest BCUT2D eigenvalue weighted by atomic mass is 9.59. The van der Waals surface area contributed by atoms with Crippen LogP contribution in [-0.4, -0.2) is 46.9 Å². The highest BCUT2D eigenvalue weighted by molar-refractivity contribution is 5.24. The third-order valence-electron chi connectivity index (χ3n) is 4.62. The number of allylic oxidation sites excluding steroid dienone is 2. The molecule has 0 radical (unpaired) electrons. The van der Waals surface area contributed by atoms with E-state index in [2.05, 4.69) is 0 Å². The van der Waals surface area contributed by atoms with E-state index in [0.717, 1.165) is 6.42 Å². The van der Waals surface area contributed by atoms with Gasteiger partial charge in [-0.15, -0.1) is 0 Å². The van der Waals surface area contributed by atoms with Gasteiger partial charge in [-0.05, 0) is 18.3 Å². The van der Waals surface area contributed by atoms with Gasteiger partial charge in [0.05, 0.1) is 26.4 Å². The van der Waals surface area contributed by atoms with E-state index in [-0.39, 0.29) is 38.3 Å². The van der Waals surface area contributed by atoms with Crippen LogP contribution in [0.2, 0.25) is 0 Å². The van der Waals surface area contributed by atoms with Gasteiger partial charge < -0.3 is 20.4 Å². The Balaban J connectivity index is 2.47. The van der Waals surface area contributed by atoms with Crippen LogP contribution in [0.1, 0.15) is 6.42 Å². The summed E-state index contributed by atoms with van der Waals surface area (Å²) in [7, 11) is 0. The van der Waals surface area contributed by atoms with Gasteiger partial charge in [0, 0.05) is 10.8 Å². The molecule has 1 saturated carbocycles. The summed E-state index contributed by atoms with van der Waals surface area (Å²) in [5, 5.41) is 38.1. The Morgan fingerprint density at radius 2 is 1.13 bits per heavy atom. The zero-order valence-corrected chi connectivity index (χ0v) is 8.63. The molecule has 0 saturated heterocycles. The van der Waals surface area contributed by atoms with Gasteiger partial charge in [0.25, 0.3) is 0 Å². The Morgan fingerprint density at radius 1 is 0.800 bits per heavy atom. The maximum absolute atomic E-state index is 9.52. The molecule has 4 nitrogen and oxygen atoms in total. The number of hydrogen-bond donors (Lipinski definition) is 4. The molecule has 0 aliphatic heterocycles. The van der Waals surface area contributed by atoms with E-state index in [9.17, 15) is 20.4 Å². The third-order valence-corrected chi connectivity index (χ3v) is 4.62. The van der Waals surface area contributed by atoms with E-state index >= 15 is 0 Å². The van der Waals surface area contributed by atoms with Gasteiger partial charge in [-0.1, -0.05) is 12.2 Å². The number of fused-ring (bicyclic) bond motifs is 2. The fraction of sp³-hybridized carbons (Fsp3) is 0.818. The molecule has 0 aromatic heterocycles. The van der Waals surface area contributed by atoms with E-state index in [1.165, 1.54) is 0 Å². The van der Waals surface area contributed by atoms with Crippen LogP contribution in [0.5, 0.6) is 0 Å². The van der Waals surface area contributed by atoms with Crippen LogP contribution in [0.25, 0.3) is 0 Å². The normalized spacial score (nSPS) is 34.9. The van der Waals surface area contributed by atoms with E-state index in [1.54, 1.807) is 0 Å². The SMILES string of the molecule is OCC1(CO)C2C=CC(C2)C1(CO)CO. The average molecular weight is 214 g/mol. The highest BCUT2D eigenvalue weighted by Crippen LogP contribution is 2.62. The Hall–Kier alpha value is -0.420. The van der Waals surface area contributed by atoms with Crippen LogP contribution in [-0.2, 0) is 0 Å². The van der Waals surface area contributed by atoms with Crippen molar-refractivity contribution < 1.29 is 20.4 Å². The molecule has 0 spiro atoms. The molecule has 2 unspecified atom stereocenters. The molecule has 2 aliphatic carbocycles. The largest absolute Gasteiger partial charge is 0.396 e. The van der Waals surface area contributed by atoms with Gasteiger partial charge in [-0.25, -0.2) is 0 Å². The van der Waals surface area contributed by atoms with E-state index < -0.39 is 10.8 Å². The standard InChI is InChI=1S/C11H18O4/c12-4-10(5-13)8-1-2-9(3-8)11(10,6-14)7-15/h1-2,8-9,12-15H,3-7H2. The van der Waals surface area contributed by atoms with Crippen molar-refractivity contribution in [2.24, 2.45) is 22.7 Å². The number of hydrogen-bond acceptors (Lipinski definition) is 4. The maximum Gasteiger partial charge on any atom is 0.0522 e. The summed E-state index contributed by atoms with van der Waals surface area (Å²) in [5.74, 6) is 0.133. The van der Waals surface area contributed by atoms with Crippen LogP contribution in [0.4, 0.5) is 0 Å². The fourth-order valence-electron chi connectivity index (χ4n) is 3.46. The van der Waals surface area contributed by atoms with Crippen molar-refractivity contribution in [3.8, 4) is 0 Å². The van der Waals surface area contributed by atoms with Crippen molar-refractivity contribution >= 4 is 0 Å². The maximum atomic E-state index is 9.52. The highest BCUT2D eigenvalue weighted by Gasteiger charge is 2.64. The molecule has 2 atom stereocenters. The Kier molecular flexibility index (Phi) is 2.63. The molecule has 0 aromatic rings.